The van der Waals surface area contributed by atoms with Gasteiger partial charge in [-0.25, -0.2) is 0 Å². The van der Waals surface area contributed by atoms with Crippen molar-refractivity contribution < 1.29 is 4.74 Å². The molecule has 1 atom stereocenters. The number of ether oxygens (including phenoxy) is 1. The highest BCUT2D eigenvalue weighted by Gasteiger charge is 2.32. The zero-order valence-corrected chi connectivity index (χ0v) is 12.0. The lowest BCUT2D eigenvalue weighted by atomic mass is 9.88. The minimum atomic E-state index is -0.110. The van der Waals surface area contributed by atoms with Crippen LogP contribution >= 0.6 is 0 Å². The van der Waals surface area contributed by atoms with E-state index in [0.29, 0.717) is 6.04 Å². The van der Waals surface area contributed by atoms with E-state index in [-0.39, 0.29) is 5.60 Å². The van der Waals surface area contributed by atoms with Crippen molar-refractivity contribution >= 4 is 0 Å². The molecule has 2 nitrogen and oxygen atoms in total. The molecule has 100 valence electrons. The van der Waals surface area contributed by atoms with Gasteiger partial charge >= 0.3 is 0 Å². The Hall–Kier alpha value is -0.340. The molecule has 0 fully saturated rings. The van der Waals surface area contributed by atoms with Crippen LogP contribution in [0.2, 0.25) is 0 Å². The molecule has 0 amide bonds. The molecule has 1 aliphatic carbocycles. The number of rotatable bonds is 6. The number of hydrogen-bond acceptors (Lipinski definition) is 2. The third-order valence-corrected chi connectivity index (χ3v) is 3.57. The van der Waals surface area contributed by atoms with Gasteiger partial charge in [0.1, 0.15) is 0 Å². The van der Waals surface area contributed by atoms with Crippen molar-refractivity contribution in [3.05, 3.63) is 11.6 Å². The Labute approximate surface area is 107 Å². The zero-order valence-electron chi connectivity index (χ0n) is 12.0. The van der Waals surface area contributed by atoms with Crippen LogP contribution in [0.15, 0.2) is 11.6 Å². The first-order valence-electron chi connectivity index (χ1n) is 7.18. The average Bonchev–Trinajstić information content (AvgIpc) is 2.54. The van der Waals surface area contributed by atoms with Gasteiger partial charge in [0.25, 0.3) is 0 Å². The normalized spacial score (nSPS) is 19.6. The van der Waals surface area contributed by atoms with Gasteiger partial charge in [-0.15, -0.1) is 0 Å². The van der Waals surface area contributed by atoms with Gasteiger partial charge in [0.15, 0.2) is 0 Å². The first-order chi connectivity index (χ1) is 8.11. The second-order valence-electron chi connectivity index (χ2n) is 5.41. The Morgan fingerprint density at radius 2 is 2.06 bits per heavy atom. The summed E-state index contributed by atoms with van der Waals surface area (Å²) in [7, 11) is 0. The molecule has 17 heavy (non-hydrogen) atoms. The lowest BCUT2D eigenvalue weighted by molar-refractivity contribution is -0.0297. The van der Waals surface area contributed by atoms with E-state index in [1.54, 1.807) is 5.57 Å². The average molecular weight is 239 g/mol. The van der Waals surface area contributed by atoms with Crippen molar-refractivity contribution in [3.63, 3.8) is 0 Å². The molecule has 0 aromatic heterocycles. The van der Waals surface area contributed by atoms with Crippen LogP contribution in [0.5, 0.6) is 0 Å². The molecule has 0 aliphatic heterocycles. The molecule has 0 radical (unpaired) electrons. The minimum Gasteiger partial charge on any atom is -0.374 e. The molecule has 0 aromatic rings. The first kappa shape index (κ1) is 14.7. The predicted octanol–water partition coefficient (Wildman–Crippen LogP) is 3.67. The standard InChI is InChI=1S/C15H29NO/c1-5-16-14(15(3,4)17-6-2)13-11-9-7-8-10-12-13/h11,14,16H,5-10,12H2,1-4H3. The van der Waals surface area contributed by atoms with Crippen LogP contribution in [0, 0.1) is 0 Å². The SMILES string of the molecule is CCNC(C1=CCCCCC1)C(C)(C)OCC. The largest absolute Gasteiger partial charge is 0.374 e. The molecule has 2 heteroatoms. The number of hydrogen-bond donors (Lipinski definition) is 1. The fourth-order valence-electron chi connectivity index (χ4n) is 2.78. The summed E-state index contributed by atoms with van der Waals surface area (Å²) in [5.41, 5.74) is 1.45. The quantitative estimate of drug-likeness (QED) is 0.714. The van der Waals surface area contributed by atoms with Gasteiger partial charge in [0.2, 0.25) is 0 Å². The summed E-state index contributed by atoms with van der Waals surface area (Å²) in [6, 6.07) is 0.366. The van der Waals surface area contributed by atoms with E-state index < -0.39 is 0 Å². The molecule has 1 N–H and O–H groups in total. The number of likely N-dealkylation sites (N-methyl/N-ethyl adjacent to an activating group) is 1. The van der Waals surface area contributed by atoms with Gasteiger partial charge in [-0.1, -0.05) is 25.0 Å². The van der Waals surface area contributed by atoms with Crippen molar-refractivity contribution in [1.82, 2.24) is 5.32 Å². The van der Waals surface area contributed by atoms with Crippen LogP contribution in [-0.4, -0.2) is 24.8 Å². The fraction of sp³-hybridized carbons (Fsp3) is 0.867. The Kier molecular flexibility index (Phi) is 6.21. The van der Waals surface area contributed by atoms with Crippen molar-refractivity contribution in [2.24, 2.45) is 0 Å². The molecule has 0 saturated carbocycles. The predicted molar refractivity (Wildman–Crippen MR) is 74.3 cm³/mol. The zero-order chi connectivity index (χ0) is 12.7. The van der Waals surface area contributed by atoms with Gasteiger partial charge < -0.3 is 10.1 Å². The summed E-state index contributed by atoms with van der Waals surface area (Å²) in [6.07, 6.45) is 8.95. The van der Waals surface area contributed by atoms with E-state index in [0.717, 1.165) is 13.2 Å². The van der Waals surface area contributed by atoms with Crippen LogP contribution in [0.3, 0.4) is 0 Å². The van der Waals surface area contributed by atoms with Gasteiger partial charge in [-0.05, 0) is 53.0 Å². The van der Waals surface area contributed by atoms with E-state index in [1.165, 1.54) is 32.1 Å². The first-order valence-corrected chi connectivity index (χ1v) is 7.18. The van der Waals surface area contributed by atoms with Gasteiger partial charge in [-0.3, -0.25) is 0 Å². The fourth-order valence-corrected chi connectivity index (χ4v) is 2.78. The van der Waals surface area contributed by atoms with Crippen molar-refractivity contribution in [3.8, 4) is 0 Å². The molecule has 1 rings (SSSR count). The summed E-state index contributed by atoms with van der Waals surface area (Å²) in [4.78, 5) is 0. The molecule has 0 spiro atoms. The second-order valence-corrected chi connectivity index (χ2v) is 5.41. The van der Waals surface area contributed by atoms with Crippen LogP contribution in [0.4, 0.5) is 0 Å². The lowest BCUT2D eigenvalue weighted by Crippen LogP contribution is -2.49. The van der Waals surface area contributed by atoms with E-state index in [4.69, 9.17) is 4.74 Å². The number of allylic oxidation sites excluding steroid dienone is 1. The lowest BCUT2D eigenvalue weighted by Gasteiger charge is -2.36. The van der Waals surface area contributed by atoms with Crippen LogP contribution in [0.25, 0.3) is 0 Å². The Morgan fingerprint density at radius 3 is 2.71 bits per heavy atom. The molecule has 1 unspecified atom stereocenters. The minimum absolute atomic E-state index is 0.110. The molecular weight excluding hydrogens is 210 g/mol. The van der Waals surface area contributed by atoms with Crippen molar-refractivity contribution in [1.29, 1.82) is 0 Å². The highest BCUT2D eigenvalue weighted by Crippen LogP contribution is 2.27. The highest BCUT2D eigenvalue weighted by atomic mass is 16.5. The highest BCUT2D eigenvalue weighted by molar-refractivity contribution is 5.17. The van der Waals surface area contributed by atoms with Crippen LogP contribution in [-0.2, 0) is 4.74 Å². The summed E-state index contributed by atoms with van der Waals surface area (Å²) in [5.74, 6) is 0. The molecule has 0 bridgehead atoms. The van der Waals surface area contributed by atoms with Crippen LogP contribution < -0.4 is 5.32 Å². The smallest absolute Gasteiger partial charge is 0.0816 e. The van der Waals surface area contributed by atoms with E-state index in [1.807, 2.05) is 0 Å². The maximum Gasteiger partial charge on any atom is 0.0816 e. The van der Waals surface area contributed by atoms with Gasteiger partial charge in [-0.2, -0.15) is 0 Å². The molecule has 0 aromatic carbocycles. The molecular formula is C15H29NO. The summed E-state index contributed by atoms with van der Waals surface area (Å²) >= 11 is 0. The summed E-state index contributed by atoms with van der Waals surface area (Å²) < 4.78 is 5.93. The van der Waals surface area contributed by atoms with Crippen LogP contribution in [0.1, 0.15) is 59.8 Å². The Morgan fingerprint density at radius 1 is 1.29 bits per heavy atom. The third kappa shape index (κ3) is 4.44. The molecule has 0 heterocycles. The van der Waals surface area contributed by atoms with Crippen molar-refractivity contribution in [2.75, 3.05) is 13.2 Å². The Balaban J connectivity index is 2.79. The topological polar surface area (TPSA) is 21.3 Å². The van der Waals surface area contributed by atoms with Gasteiger partial charge in [0, 0.05) is 6.61 Å². The van der Waals surface area contributed by atoms with E-state index in [2.05, 4.69) is 39.1 Å². The maximum atomic E-state index is 5.93. The maximum absolute atomic E-state index is 5.93. The third-order valence-electron chi connectivity index (χ3n) is 3.57. The summed E-state index contributed by atoms with van der Waals surface area (Å²) in [6.45, 7) is 10.4. The second kappa shape index (κ2) is 7.17. The Bertz CT molecular complexity index is 245. The van der Waals surface area contributed by atoms with E-state index >= 15 is 0 Å². The monoisotopic (exact) mass is 239 g/mol. The van der Waals surface area contributed by atoms with Gasteiger partial charge in [0.05, 0.1) is 11.6 Å². The van der Waals surface area contributed by atoms with E-state index in [9.17, 15) is 0 Å². The van der Waals surface area contributed by atoms with Crippen molar-refractivity contribution in [2.45, 2.75) is 71.4 Å². The molecule has 0 saturated heterocycles. The summed E-state index contributed by atoms with van der Waals surface area (Å²) in [5, 5.41) is 3.61. The number of nitrogens with one attached hydrogen (secondary N) is 1. The molecule has 1 aliphatic rings.